The number of hydrogen-bond acceptors (Lipinski definition) is 2. The predicted molar refractivity (Wildman–Crippen MR) is 94.8 cm³/mol. The lowest BCUT2D eigenvalue weighted by molar-refractivity contribution is -0.129. The van der Waals surface area contributed by atoms with Gasteiger partial charge in [-0.15, -0.1) is 0 Å². The van der Waals surface area contributed by atoms with Crippen LogP contribution in [0.15, 0.2) is 78.9 Å². The summed E-state index contributed by atoms with van der Waals surface area (Å²) >= 11 is 0. The maximum atomic E-state index is 12.3. The van der Waals surface area contributed by atoms with Crippen molar-refractivity contribution in [2.75, 3.05) is 0 Å². The third-order valence-corrected chi connectivity index (χ3v) is 4.18. The Labute approximate surface area is 141 Å². The molecule has 3 rings (SSSR count). The van der Waals surface area contributed by atoms with E-state index in [1.54, 1.807) is 5.48 Å². The molecule has 0 fully saturated rings. The normalized spacial score (nSPS) is 11.8. The summed E-state index contributed by atoms with van der Waals surface area (Å²) in [5, 5.41) is 9.16. The standard InChI is InChI=1S/C21H19NO2/c1-15-8-5-6-13-19(15)17-11-7-12-18(14-17)20(21(23)22-24)16-9-3-2-4-10-16/h2-14,20,24H,1H3,(H,22,23). The van der Waals surface area contributed by atoms with Gasteiger partial charge in [0.15, 0.2) is 0 Å². The molecule has 120 valence electrons. The minimum atomic E-state index is -0.555. The van der Waals surface area contributed by atoms with Crippen molar-refractivity contribution in [2.45, 2.75) is 12.8 Å². The van der Waals surface area contributed by atoms with E-state index in [1.165, 1.54) is 5.56 Å². The van der Waals surface area contributed by atoms with Gasteiger partial charge >= 0.3 is 0 Å². The number of amides is 1. The Balaban J connectivity index is 2.08. The van der Waals surface area contributed by atoms with Crippen LogP contribution < -0.4 is 5.48 Å². The molecule has 0 spiro atoms. The van der Waals surface area contributed by atoms with E-state index in [-0.39, 0.29) is 0 Å². The van der Waals surface area contributed by atoms with Crippen LogP contribution in [0.25, 0.3) is 11.1 Å². The van der Waals surface area contributed by atoms with Crippen molar-refractivity contribution in [2.24, 2.45) is 0 Å². The maximum absolute atomic E-state index is 12.3. The van der Waals surface area contributed by atoms with E-state index in [1.807, 2.05) is 66.7 Å². The summed E-state index contributed by atoms with van der Waals surface area (Å²) in [4.78, 5) is 12.3. The molecule has 2 N–H and O–H groups in total. The van der Waals surface area contributed by atoms with Crippen molar-refractivity contribution >= 4 is 5.91 Å². The van der Waals surface area contributed by atoms with Crippen LogP contribution in [0.2, 0.25) is 0 Å². The predicted octanol–water partition coefficient (Wildman–Crippen LogP) is 4.30. The van der Waals surface area contributed by atoms with E-state index in [2.05, 4.69) is 19.1 Å². The Bertz CT molecular complexity index is 843. The van der Waals surface area contributed by atoms with Gasteiger partial charge in [0.25, 0.3) is 5.91 Å². The highest BCUT2D eigenvalue weighted by Crippen LogP contribution is 2.30. The minimum absolute atomic E-state index is 0.442. The molecule has 24 heavy (non-hydrogen) atoms. The Morgan fingerprint density at radius 2 is 1.54 bits per heavy atom. The van der Waals surface area contributed by atoms with Crippen LogP contribution in [0.1, 0.15) is 22.6 Å². The lowest BCUT2D eigenvalue weighted by Crippen LogP contribution is -2.27. The average Bonchev–Trinajstić information content (AvgIpc) is 2.63. The van der Waals surface area contributed by atoms with Crippen molar-refractivity contribution in [3.8, 4) is 11.1 Å². The summed E-state index contributed by atoms with van der Waals surface area (Å²) in [7, 11) is 0. The Hall–Kier alpha value is -2.91. The fourth-order valence-corrected chi connectivity index (χ4v) is 2.99. The van der Waals surface area contributed by atoms with Crippen molar-refractivity contribution in [3.63, 3.8) is 0 Å². The molecule has 0 aliphatic rings. The van der Waals surface area contributed by atoms with Gasteiger partial charge in [0, 0.05) is 0 Å². The lowest BCUT2D eigenvalue weighted by Gasteiger charge is -2.17. The van der Waals surface area contributed by atoms with Gasteiger partial charge in [0.1, 0.15) is 0 Å². The van der Waals surface area contributed by atoms with Crippen LogP contribution in [0.3, 0.4) is 0 Å². The smallest absolute Gasteiger partial charge is 0.255 e. The van der Waals surface area contributed by atoms with E-state index >= 15 is 0 Å². The molecule has 0 bridgehead atoms. The molecule has 3 aromatic rings. The number of aryl methyl sites for hydroxylation is 1. The molecule has 3 aromatic carbocycles. The summed E-state index contributed by atoms with van der Waals surface area (Å²) in [5.41, 5.74) is 6.84. The second-order valence-electron chi connectivity index (χ2n) is 5.76. The third-order valence-electron chi connectivity index (χ3n) is 4.18. The highest BCUT2D eigenvalue weighted by molar-refractivity contribution is 5.86. The Morgan fingerprint density at radius 3 is 2.25 bits per heavy atom. The fourth-order valence-electron chi connectivity index (χ4n) is 2.99. The molecule has 1 unspecified atom stereocenters. The monoisotopic (exact) mass is 317 g/mol. The summed E-state index contributed by atoms with van der Waals surface area (Å²) in [5.74, 6) is -0.997. The highest BCUT2D eigenvalue weighted by Gasteiger charge is 2.22. The van der Waals surface area contributed by atoms with Gasteiger partial charge in [-0.3, -0.25) is 10.0 Å². The molecule has 0 aliphatic heterocycles. The van der Waals surface area contributed by atoms with Crippen LogP contribution in [-0.4, -0.2) is 11.1 Å². The second-order valence-corrected chi connectivity index (χ2v) is 5.76. The summed E-state index contributed by atoms with van der Waals surface area (Å²) in [6, 6.07) is 25.5. The number of benzene rings is 3. The van der Waals surface area contributed by atoms with Gasteiger partial charge < -0.3 is 0 Å². The van der Waals surface area contributed by atoms with Gasteiger partial charge in [0.2, 0.25) is 0 Å². The molecular weight excluding hydrogens is 298 g/mol. The van der Waals surface area contributed by atoms with Crippen molar-refractivity contribution in [3.05, 3.63) is 95.6 Å². The van der Waals surface area contributed by atoms with E-state index < -0.39 is 11.8 Å². The Morgan fingerprint density at radius 1 is 0.875 bits per heavy atom. The van der Waals surface area contributed by atoms with Crippen LogP contribution in [0, 0.1) is 6.92 Å². The zero-order valence-electron chi connectivity index (χ0n) is 13.4. The quantitative estimate of drug-likeness (QED) is 0.557. The number of carbonyl (C=O) groups is 1. The Kier molecular flexibility index (Phi) is 4.73. The third kappa shape index (κ3) is 3.21. The molecular formula is C21H19NO2. The number of carbonyl (C=O) groups excluding carboxylic acids is 1. The molecule has 3 heteroatoms. The van der Waals surface area contributed by atoms with E-state index in [0.717, 1.165) is 22.3 Å². The second kappa shape index (κ2) is 7.11. The van der Waals surface area contributed by atoms with Gasteiger partial charge in [-0.25, -0.2) is 5.48 Å². The molecule has 0 saturated heterocycles. The molecule has 3 nitrogen and oxygen atoms in total. The fraction of sp³-hybridized carbons (Fsp3) is 0.0952. The lowest BCUT2D eigenvalue weighted by atomic mass is 9.88. The van der Waals surface area contributed by atoms with Gasteiger partial charge in [-0.2, -0.15) is 0 Å². The van der Waals surface area contributed by atoms with Crippen LogP contribution in [-0.2, 0) is 4.79 Å². The number of nitrogens with one attached hydrogen (secondary N) is 1. The van der Waals surface area contributed by atoms with E-state index in [4.69, 9.17) is 5.21 Å². The zero-order chi connectivity index (χ0) is 16.9. The largest absolute Gasteiger partial charge is 0.289 e. The summed E-state index contributed by atoms with van der Waals surface area (Å²) in [6.07, 6.45) is 0. The molecule has 0 heterocycles. The SMILES string of the molecule is Cc1ccccc1-c1cccc(C(C(=O)NO)c2ccccc2)c1. The van der Waals surface area contributed by atoms with Crippen molar-refractivity contribution < 1.29 is 10.0 Å². The first-order chi connectivity index (χ1) is 11.7. The maximum Gasteiger partial charge on any atom is 0.255 e. The highest BCUT2D eigenvalue weighted by atomic mass is 16.5. The number of hydroxylamine groups is 1. The zero-order valence-corrected chi connectivity index (χ0v) is 13.4. The van der Waals surface area contributed by atoms with Gasteiger partial charge in [-0.1, -0.05) is 78.9 Å². The topological polar surface area (TPSA) is 49.3 Å². The minimum Gasteiger partial charge on any atom is -0.289 e. The van der Waals surface area contributed by atoms with Crippen molar-refractivity contribution in [1.29, 1.82) is 0 Å². The number of rotatable bonds is 4. The summed E-state index contributed by atoms with van der Waals surface area (Å²) < 4.78 is 0. The molecule has 1 amide bonds. The first-order valence-electron chi connectivity index (χ1n) is 7.85. The van der Waals surface area contributed by atoms with Gasteiger partial charge in [-0.05, 0) is 34.7 Å². The molecule has 0 aromatic heterocycles. The van der Waals surface area contributed by atoms with Crippen molar-refractivity contribution in [1.82, 2.24) is 5.48 Å². The van der Waals surface area contributed by atoms with Crippen LogP contribution >= 0.6 is 0 Å². The first-order valence-corrected chi connectivity index (χ1v) is 7.85. The molecule has 1 atom stereocenters. The molecule has 0 aliphatic carbocycles. The van der Waals surface area contributed by atoms with E-state index in [0.29, 0.717) is 0 Å². The van der Waals surface area contributed by atoms with Crippen LogP contribution in [0.5, 0.6) is 0 Å². The average molecular weight is 317 g/mol. The first kappa shape index (κ1) is 16.0. The number of hydrogen-bond donors (Lipinski definition) is 2. The molecule has 0 saturated carbocycles. The summed E-state index contributed by atoms with van der Waals surface area (Å²) in [6.45, 7) is 2.07. The van der Waals surface area contributed by atoms with E-state index in [9.17, 15) is 4.79 Å². The van der Waals surface area contributed by atoms with Gasteiger partial charge in [0.05, 0.1) is 5.92 Å². The molecule has 0 radical (unpaired) electrons. The van der Waals surface area contributed by atoms with Crippen LogP contribution in [0.4, 0.5) is 0 Å².